The summed E-state index contributed by atoms with van der Waals surface area (Å²) in [5, 5.41) is 18.6. The summed E-state index contributed by atoms with van der Waals surface area (Å²) in [6, 6.07) is 29.6. The van der Waals surface area contributed by atoms with Crippen LogP contribution < -0.4 is 49.0 Å². The number of carbonyl (C=O) groups is 3. The number of benzene rings is 3. The average molecular weight is 1570 g/mol. The van der Waals surface area contributed by atoms with Crippen LogP contribution in [0.4, 0.5) is 73.6 Å². The van der Waals surface area contributed by atoms with E-state index in [2.05, 4.69) is 16.0 Å². The van der Waals surface area contributed by atoms with Gasteiger partial charge in [-0.3, -0.25) is 24.0 Å². The van der Waals surface area contributed by atoms with Crippen LogP contribution in [-0.4, -0.2) is 75.0 Å². The summed E-state index contributed by atoms with van der Waals surface area (Å²) < 4.78 is 120. The van der Waals surface area contributed by atoms with Crippen molar-refractivity contribution in [3.63, 3.8) is 0 Å². The first-order chi connectivity index (χ1) is 47.0. The summed E-state index contributed by atoms with van der Waals surface area (Å²) in [7, 11) is 4.19. The number of hydrogen-bond acceptors (Lipinski definition) is 16. The molecule has 0 spiro atoms. The molecule has 0 radical (unpaired) electrons. The van der Waals surface area contributed by atoms with E-state index in [0.29, 0.717) is 70.8 Å². The quantitative estimate of drug-likeness (QED) is 0.0327. The van der Waals surface area contributed by atoms with Gasteiger partial charge in [0.2, 0.25) is 0 Å². The number of nitrogens with zero attached hydrogens (tertiary/aromatic N) is 4. The van der Waals surface area contributed by atoms with Crippen LogP contribution in [0.2, 0.25) is 15.1 Å². The number of nitrogen functional groups attached to an aromatic ring is 2. The Morgan fingerprint density at radius 3 is 1.19 bits per heavy atom. The first kappa shape index (κ1) is 81.5. The molecule has 6 aromatic heterocycles. The Hall–Kier alpha value is -7.49. The van der Waals surface area contributed by atoms with Gasteiger partial charge in [0.15, 0.2) is 0 Å². The largest absolute Gasteiger partial charge is 0.477 e. The fourth-order valence-electron chi connectivity index (χ4n) is 9.61. The molecule has 9 aromatic rings. The van der Waals surface area contributed by atoms with Crippen molar-refractivity contribution in [2.24, 2.45) is 0 Å². The lowest BCUT2D eigenvalue weighted by atomic mass is 10.2. The van der Waals surface area contributed by atoms with E-state index in [1.54, 1.807) is 36.0 Å². The SMILES string of the molecule is CCSc1cc(-c2ccc(Cl)cc2)sc1C(=O)N(C)c1c(N)cc(C(F)(F)F)n(CC)c1=O.CCSc1cc(-c2ccc(Cl)cc2)sc1C(=O)Nc1cc(C(F)(F)F)n(CC)c(=O)c1NC.CCSc1cc(-c2ccc(Cl)cc2)sc1C(=O)O.CCn1c(C(F)(F)F)cc(N)c(NC)c1=O. The summed E-state index contributed by atoms with van der Waals surface area (Å²) >= 11 is 26.0. The lowest BCUT2D eigenvalue weighted by Crippen LogP contribution is -2.37. The van der Waals surface area contributed by atoms with E-state index in [4.69, 9.17) is 46.3 Å². The number of carboxylic acid groups (broad SMARTS) is 1. The van der Waals surface area contributed by atoms with E-state index in [-0.39, 0.29) is 48.1 Å². The summed E-state index contributed by atoms with van der Waals surface area (Å²) in [5.74, 6) is 0.278. The molecule has 34 heteroatoms. The van der Waals surface area contributed by atoms with E-state index >= 15 is 0 Å². The standard InChI is InChI=1S/2C22H21ClF3N3O2S2.C13H11ClO2S2.C9H12F3N3O/c1-4-29-17(22(24,25)26)10-14(18(27-3)21(29)31)28-20(30)19-16(32-5-2)11-15(33-19)12-6-8-13(23)9-7-12;1-4-29-17(22(24,25)26)10-14(27)18(20(29)30)28(3)21(31)19-16(32-5-2)11-15(33-19)12-6-8-13(23)9-7-12;1-2-17-11-7-10(18-12(11)13(15)16)8-3-5-9(14)6-4-8;1-3-15-6(9(10,11)12)4-5(13)7(14-2)8(15)16/h6-11,27H,4-5H2,1-3H3,(H,28,30);6-11H,4-5,27H2,1-3H3;3-7H,2H2,1H3,(H,15,16);4,14H,3,13H2,1-2H3. The highest BCUT2D eigenvalue weighted by Gasteiger charge is 2.39. The van der Waals surface area contributed by atoms with Gasteiger partial charge in [-0.15, -0.1) is 69.3 Å². The van der Waals surface area contributed by atoms with Crippen LogP contribution in [0.5, 0.6) is 0 Å². The Labute approximate surface area is 607 Å². The van der Waals surface area contributed by atoms with Crippen molar-refractivity contribution in [2.75, 3.05) is 70.7 Å². The van der Waals surface area contributed by atoms with Gasteiger partial charge in [0.1, 0.15) is 48.8 Å². The van der Waals surface area contributed by atoms with Gasteiger partial charge in [-0.25, -0.2) is 4.79 Å². The minimum absolute atomic E-state index is 0.0187. The minimum atomic E-state index is -4.76. The first-order valence-corrected chi connectivity index (χ1v) is 36.4. The number of anilines is 6. The normalized spacial score (nSPS) is 11.4. The maximum absolute atomic E-state index is 13.6. The molecular formula is C66H65Cl3F9N9O7S6. The molecule has 6 heterocycles. The number of thiophene rings is 3. The Morgan fingerprint density at radius 2 is 0.830 bits per heavy atom. The summed E-state index contributed by atoms with van der Waals surface area (Å²) in [5.41, 5.74) is 6.78. The van der Waals surface area contributed by atoms with E-state index < -0.39 is 75.8 Å². The second kappa shape index (κ2) is 35.4. The topological polar surface area (TPSA) is 229 Å². The van der Waals surface area contributed by atoms with Crippen LogP contribution in [0.25, 0.3) is 31.3 Å². The zero-order valence-corrected chi connectivity index (χ0v) is 61.6. The van der Waals surface area contributed by atoms with Crippen LogP contribution in [0, 0.1) is 0 Å². The van der Waals surface area contributed by atoms with Crippen LogP contribution in [-0.2, 0) is 38.2 Å². The maximum atomic E-state index is 13.6. The number of pyridine rings is 3. The van der Waals surface area contributed by atoms with E-state index in [0.717, 1.165) is 59.0 Å². The highest BCUT2D eigenvalue weighted by molar-refractivity contribution is 8.00. The van der Waals surface area contributed by atoms with E-state index in [9.17, 15) is 73.4 Å². The number of aromatic carboxylic acids is 1. The number of amides is 2. The van der Waals surface area contributed by atoms with Crippen LogP contribution in [0.3, 0.4) is 0 Å². The lowest BCUT2D eigenvalue weighted by Gasteiger charge is -2.22. The molecule has 0 unspecified atom stereocenters. The molecule has 0 fully saturated rings. The Bertz CT molecular complexity index is 4580. The van der Waals surface area contributed by atoms with Crippen molar-refractivity contribution >= 4 is 156 Å². The number of rotatable bonds is 19. The van der Waals surface area contributed by atoms with Gasteiger partial charge in [0, 0.05) is 85.2 Å². The van der Waals surface area contributed by atoms with Gasteiger partial charge >= 0.3 is 24.5 Å². The molecule has 0 atom stereocenters. The molecule has 0 aliphatic carbocycles. The molecule has 3 aromatic carbocycles. The number of aromatic nitrogens is 3. The van der Waals surface area contributed by atoms with Crippen LogP contribution >= 0.6 is 104 Å². The number of hydrogen-bond donors (Lipinski definition) is 6. The lowest BCUT2D eigenvalue weighted by molar-refractivity contribution is -0.144. The zero-order chi connectivity index (χ0) is 74.5. The highest BCUT2D eigenvalue weighted by Crippen LogP contribution is 2.43. The van der Waals surface area contributed by atoms with Crippen molar-refractivity contribution in [1.29, 1.82) is 0 Å². The van der Waals surface area contributed by atoms with Gasteiger partial charge in [0.05, 0.1) is 17.1 Å². The molecule has 536 valence electrons. The van der Waals surface area contributed by atoms with E-state index in [1.807, 2.05) is 87.5 Å². The van der Waals surface area contributed by atoms with Crippen LogP contribution in [0.15, 0.2) is 138 Å². The molecule has 0 aliphatic heterocycles. The Morgan fingerprint density at radius 1 is 0.500 bits per heavy atom. The molecule has 9 rings (SSSR count). The summed E-state index contributed by atoms with van der Waals surface area (Å²) in [6.07, 6.45) is -14.1. The predicted octanol–water partition coefficient (Wildman–Crippen LogP) is 19.3. The van der Waals surface area contributed by atoms with Gasteiger partial charge in [0.25, 0.3) is 28.5 Å². The number of carbonyl (C=O) groups excluding carboxylic acids is 2. The molecular weight excluding hydrogens is 1500 g/mol. The molecule has 0 saturated heterocycles. The van der Waals surface area contributed by atoms with Crippen molar-refractivity contribution < 1.29 is 59.0 Å². The third-order valence-corrected chi connectivity index (χ3v) is 21.6. The fraction of sp³-hybridized carbons (Fsp3) is 0.273. The molecule has 16 nitrogen and oxygen atoms in total. The molecule has 0 aliphatic rings. The predicted molar refractivity (Wildman–Crippen MR) is 393 cm³/mol. The molecule has 8 N–H and O–H groups in total. The van der Waals surface area contributed by atoms with Crippen molar-refractivity contribution in [1.82, 2.24) is 13.7 Å². The van der Waals surface area contributed by atoms with Crippen molar-refractivity contribution in [3.8, 4) is 31.3 Å². The molecule has 2 amide bonds. The van der Waals surface area contributed by atoms with Crippen LogP contribution in [0.1, 0.15) is 87.6 Å². The smallest absolute Gasteiger partial charge is 0.431 e. The second-order valence-corrected chi connectivity index (χ2v) is 28.9. The van der Waals surface area contributed by atoms with E-state index in [1.165, 1.54) is 99.4 Å². The number of nitrogens with one attached hydrogen (secondary N) is 3. The van der Waals surface area contributed by atoms with Gasteiger partial charge < -0.3 is 51.1 Å². The summed E-state index contributed by atoms with van der Waals surface area (Å²) in [6.45, 7) is 9.77. The Kier molecular flexibility index (Phi) is 28.8. The third-order valence-electron chi connectivity index (χ3n) is 14.1. The summed E-state index contributed by atoms with van der Waals surface area (Å²) in [4.78, 5) is 81.9. The van der Waals surface area contributed by atoms with Crippen molar-refractivity contribution in [2.45, 2.75) is 94.4 Å². The number of alkyl halides is 9. The minimum Gasteiger partial charge on any atom is -0.477 e. The van der Waals surface area contributed by atoms with Gasteiger partial charge in [-0.2, -0.15) is 39.5 Å². The molecule has 0 bridgehead atoms. The number of thioether (sulfide) groups is 3. The third kappa shape index (κ3) is 19.8. The first-order valence-electron chi connectivity index (χ1n) is 29.9. The number of nitrogens with two attached hydrogens (primary N) is 2. The second-order valence-electron chi connectivity index (χ2n) is 20.5. The van der Waals surface area contributed by atoms with Gasteiger partial charge in [-0.1, -0.05) is 92.0 Å². The monoisotopic (exact) mass is 1560 g/mol. The maximum Gasteiger partial charge on any atom is 0.431 e. The average Bonchev–Trinajstić information content (AvgIpc) is 0.823. The number of carboxylic acids is 1. The zero-order valence-electron chi connectivity index (χ0n) is 54.5. The molecule has 100 heavy (non-hydrogen) atoms. The van der Waals surface area contributed by atoms with Gasteiger partial charge in [-0.05, 0) is 128 Å². The fourth-order valence-corrected chi connectivity index (χ4v) is 16.2. The van der Waals surface area contributed by atoms with Crippen molar-refractivity contribution in [3.05, 3.63) is 187 Å². The molecule has 0 saturated carbocycles. The number of halogens is 12. The highest BCUT2D eigenvalue weighted by atomic mass is 35.5. The Balaban J connectivity index is 0.000000220.